The monoisotopic (exact) mass is 299 g/mol. The summed E-state index contributed by atoms with van der Waals surface area (Å²) in [5.41, 5.74) is 5.87. The topological polar surface area (TPSA) is 53.1 Å². The normalized spacial score (nSPS) is 11.7. The fourth-order valence-corrected chi connectivity index (χ4v) is 2.05. The van der Waals surface area contributed by atoms with Gasteiger partial charge in [0.25, 0.3) is 0 Å². The molecule has 0 unspecified atom stereocenters. The minimum Gasteiger partial charge on any atom is -0.481 e. The van der Waals surface area contributed by atoms with Crippen LogP contribution in [0.25, 0.3) is 5.69 Å². The van der Waals surface area contributed by atoms with Gasteiger partial charge in [0.1, 0.15) is 0 Å². The van der Waals surface area contributed by atoms with Crippen molar-refractivity contribution in [2.75, 3.05) is 13.7 Å². The van der Waals surface area contributed by atoms with Crippen LogP contribution in [0.1, 0.15) is 17.5 Å². The number of nitrogens with zero attached hydrogens (tertiary/aromatic N) is 2. The number of ether oxygens (including phenoxy) is 1. The number of rotatable bonds is 5. The van der Waals surface area contributed by atoms with Gasteiger partial charge in [0, 0.05) is 5.56 Å². The zero-order valence-corrected chi connectivity index (χ0v) is 11.5. The first-order valence-corrected chi connectivity index (χ1v) is 6.46. The Morgan fingerprint density at radius 1 is 1.33 bits per heavy atom. The molecule has 2 rings (SSSR count). The van der Waals surface area contributed by atoms with E-state index < -0.39 is 11.7 Å². The molecule has 0 aliphatic rings. The van der Waals surface area contributed by atoms with Gasteiger partial charge in [0.15, 0.2) is 0 Å². The minimum atomic E-state index is -4.39. The average molecular weight is 299 g/mol. The lowest BCUT2D eigenvalue weighted by atomic mass is 10.2. The van der Waals surface area contributed by atoms with Crippen LogP contribution >= 0.6 is 0 Å². The predicted octanol–water partition coefficient (Wildman–Crippen LogP) is 2.79. The van der Waals surface area contributed by atoms with Crippen LogP contribution in [0.4, 0.5) is 13.2 Å². The highest BCUT2D eigenvalue weighted by molar-refractivity contribution is 5.41. The first kappa shape index (κ1) is 15.4. The van der Waals surface area contributed by atoms with Gasteiger partial charge in [-0.05, 0) is 37.6 Å². The molecule has 0 saturated carbocycles. The van der Waals surface area contributed by atoms with E-state index in [1.807, 2.05) is 0 Å². The molecule has 0 fully saturated rings. The second kappa shape index (κ2) is 6.17. The Kier molecular flexibility index (Phi) is 4.52. The van der Waals surface area contributed by atoms with Crippen LogP contribution in [0.3, 0.4) is 0 Å². The molecular formula is C14H16F3N3O. The zero-order valence-electron chi connectivity index (χ0n) is 11.5. The predicted molar refractivity (Wildman–Crippen MR) is 72.5 cm³/mol. The van der Waals surface area contributed by atoms with Gasteiger partial charge in [-0.15, -0.1) is 0 Å². The number of hydrogen-bond acceptors (Lipinski definition) is 3. The summed E-state index contributed by atoms with van der Waals surface area (Å²) in [6, 6.07) is 4.97. The fourth-order valence-electron chi connectivity index (χ4n) is 2.05. The highest BCUT2D eigenvalue weighted by atomic mass is 19.4. The maximum atomic E-state index is 12.8. The van der Waals surface area contributed by atoms with Crippen molar-refractivity contribution < 1.29 is 17.9 Å². The Morgan fingerprint density at radius 3 is 2.71 bits per heavy atom. The van der Waals surface area contributed by atoms with E-state index in [0.717, 1.165) is 24.1 Å². The van der Waals surface area contributed by atoms with Crippen molar-refractivity contribution in [2.24, 2.45) is 5.73 Å². The number of halogens is 3. The van der Waals surface area contributed by atoms with Crippen LogP contribution in [0, 0.1) is 0 Å². The van der Waals surface area contributed by atoms with Gasteiger partial charge in [-0.2, -0.15) is 18.3 Å². The maximum absolute atomic E-state index is 12.8. The maximum Gasteiger partial charge on any atom is 0.416 e. The summed E-state index contributed by atoms with van der Waals surface area (Å²) in [5, 5.41) is 4.12. The fraction of sp³-hybridized carbons (Fsp3) is 0.357. The number of alkyl halides is 3. The molecule has 0 aliphatic carbocycles. The van der Waals surface area contributed by atoms with Gasteiger partial charge in [-0.3, -0.25) is 0 Å². The van der Waals surface area contributed by atoms with Crippen molar-refractivity contribution in [1.82, 2.24) is 9.78 Å². The Hall–Kier alpha value is -2.02. The molecule has 0 spiro atoms. The van der Waals surface area contributed by atoms with Gasteiger partial charge in [-0.25, -0.2) is 4.68 Å². The molecule has 0 amide bonds. The minimum absolute atomic E-state index is 0.306. The summed E-state index contributed by atoms with van der Waals surface area (Å²) in [6.45, 7) is 0.526. The van der Waals surface area contributed by atoms with Crippen molar-refractivity contribution >= 4 is 0 Å². The molecular weight excluding hydrogens is 283 g/mol. The molecule has 0 radical (unpaired) electrons. The van der Waals surface area contributed by atoms with Gasteiger partial charge >= 0.3 is 6.18 Å². The molecule has 2 aromatic rings. The zero-order chi connectivity index (χ0) is 15.5. The van der Waals surface area contributed by atoms with Crippen molar-refractivity contribution in [1.29, 1.82) is 0 Å². The molecule has 114 valence electrons. The third-order valence-electron chi connectivity index (χ3n) is 3.06. The van der Waals surface area contributed by atoms with Crippen LogP contribution in [0.5, 0.6) is 5.88 Å². The summed E-state index contributed by atoms with van der Waals surface area (Å²) >= 11 is 0. The van der Waals surface area contributed by atoms with E-state index in [9.17, 15) is 13.2 Å². The molecule has 1 aromatic heterocycles. The molecule has 0 bridgehead atoms. The smallest absolute Gasteiger partial charge is 0.416 e. The van der Waals surface area contributed by atoms with E-state index in [-0.39, 0.29) is 0 Å². The number of hydrogen-bond donors (Lipinski definition) is 1. The Morgan fingerprint density at radius 2 is 2.10 bits per heavy atom. The van der Waals surface area contributed by atoms with E-state index >= 15 is 0 Å². The number of aryl methyl sites for hydroxylation is 1. The second-order valence-electron chi connectivity index (χ2n) is 4.53. The first-order chi connectivity index (χ1) is 9.97. The van der Waals surface area contributed by atoms with Gasteiger partial charge in [0.05, 0.1) is 24.6 Å². The van der Waals surface area contributed by atoms with Crippen LogP contribution in [-0.4, -0.2) is 23.4 Å². The van der Waals surface area contributed by atoms with E-state index in [0.29, 0.717) is 24.5 Å². The van der Waals surface area contributed by atoms with E-state index in [2.05, 4.69) is 5.10 Å². The molecule has 0 aliphatic heterocycles. The van der Waals surface area contributed by atoms with Crippen LogP contribution in [-0.2, 0) is 12.6 Å². The van der Waals surface area contributed by atoms with Crippen LogP contribution < -0.4 is 10.5 Å². The molecule has 0 saturated heterocycles. The Balaban J connectivity index is 2.40. The van der Waals surface area contributed by atoms with Gasteiger partial charge in [-0.1, -0.05) is 6.07 Å². The summed E-state index contributed by atoms with van der Waals surface area (Å²) in [6.07, 6.45) is -1.38. The quantitative estimate of drug-likeness (QED) is 0.923. The SMILES string of the molecule is COc1c(CCCN)cnn1-c1cccc(C(F)(F)F)c1. The molecule has 2 N–H and O–H groups in total. The molecule has 1 heterocycles. The van der Waals surface area contributed by atoms with Crippen LogP contribution in [0.2, 0.25) is 0 Å². The van der Waals surface area contributed by atoms with E-state index in [1.165, 1.54) is 17.9 Å². The number of methoxy groups -OCH3 is 1. The lowest BCUT2D eigenvalue weighted by Crippen LogP contribution is -2.07. The van der Waals surface area contributed by atoms with Gasteiger partial charge < -0.3 is 10.5 Å². The summed E-state index contributed by atoms with van der Waals surface area (Å²) in [5.74, 6) is 0.433. The summed E-state index contributed by atoms with van der Waals surface area (Å²) in [7, 11) is 1.47. The molecule has 7 heteroatoms. The lowest BCUT2D eigenvalue weighted by molar-refractivity contribution is -0.137. The third kappa shape index (κ3) is 3.36. The van der Waals surface area contributed by atoms with Crippen LogP contribution in [0.15, 0.2) is 30.5 Å². The van der Waals surface area contributed by atoms with Crippen molar-refractivity contribution in [3.63, 3.8) is 0 Å². The highest BCUT2D eigenvalue weighted by Gasteiger charge is 2.30. The number of benzene rings is 1. The van der Waals surface area contributed by atoms with E-state index in [1.54, 1.807) is 12.3 Å². The Bertz CT molecular complexity index is 608. The van der Waals surface area contributed by atoms with Crippen molar-refractivity contribution in [2.45, 2.75) is 19.0 Å². The standard InChI is InChI=1S/C14H16F3N3O/c1-21-13-10(4-3-7-18)9-19-20(13)12-6-2-5-11(8-12)14(15,16)17/h2,5-6,8-9H,3-4,7,18H2,1H3. The second-order valence-corrected chi connectivity index (χ2v) is 4.53. The molecule has 1 aromatic carbocycles. The summed E-state index contributed by atoms with van der Waals surface area (Å²) in [4.78, 5) is 0. The average Bonchev–Trinajstić information content (AvgIpc) is 2.87. The van der Waals surface area contributed by atoms with Gasteiger partial charge in [0.2, 0.25) is 5.88 Å². The largest absolute Gasteiger partial charge is 0.481 e. The highest BCUT2D eigenvalue weighted by Crippen LogP contribution is 2.31. The van der Waals surface area contributed by atoms with Crippen molar-refractivity contribution in [3.05, 3.63) is 41.6 Å². The van der Waals surface area contributed by atoms with Crippen molar-refractivity contribution in [3.8, 4) is 11.6 Å². The summed E-state index contributed by atoms with van der Waals surface area (Å²) < 4.78 is 44.9. The number of aromatic nitrogens is 2. The molecule has 4 nitrogen and oxygen atoms in total. The molecule has 21 heavy (non-hydrogen) atoms. The molecule has 0 atom stereocenters. The Labute approximate surface area is 120 Å². The van der Waals surface area contributed by atoms with E-state index in [4.69, 9.17) is 10.5 Å². The lowest BCUT2D eigenvalue weighted by Gasteiger charge is -2.11. The number of nitrogens with two attached hydrogens (primary N) is 1. The first-order valence-electron chi connectivity index (χ1n) is 6.46. The third-order valence-corrected chi connectivity index (χ3v) is 3.06.